The van der Waals surface area contributed by atoms with Crippen molar-refractivity contribution in [3.63, 3.8) is 0 Å². The van der Waals surface area contributed by atoms with Crippen LogP contribution in [-0.4, -0.2) is 0 Å². The summed E-state index contributed by atoms with van der Waals surface area (Å²) in [5.41, 5.74) is 4.85. The number of halogens is 1. The largest absolute Gasteiger partial charge is 0.238 e. The highest BCUT2D eigenvalue weighted by molar-refractivity contribution is 5.39. The van der Waals surface area contributed by atoms with Gasteiger partial charge in [-0.3, -0.25) is 0 Å². The molecule has 2 aromatic carbocycles. The molecule has 0 aliphatic rings. The van der Waals surface area contributed by atoms with Crippen molar-refractivity contribution in [1.82, 2.24) is 0 Å². The smallest absolute Gasteiger partial charge is 0.143 e. The molecule has 1 radical (unpaired) electrons. The van der Waals surface area contributed by atoms with Crippen LogP contribution in [0.3, 0.4) is 0 Å². The fraction of sp³-hybridized carbons (Fsp3) is 0.150. The van der Waals surface area contributed by atoms with E-state index in [2.05, 4.69) is 38.3 Å². The fourth-order valence-corrected chi connectivity index (χ4v) is 2.41. The minimum absolute atomic E-state index is 0.602. The van der Waals surface area contributed by atoms with Gasteiger partial charge < -0.3 is 0 Å². The summed E-state index contributed by atoms with van der Waals surface area (Å²) in [4.78, 5) is 0. The molecule has 0 amide bonds. The van der Waals surface area contributed by atoms with Crippen LogP contribution in [0.5, 0.6) is 0 Å². The Bertz CT molecular complexity index is 640. The van der Waals surface area contributed by atoms with Crippen LogP contribution in [0.4, 0.5) is 4.39 Å². The van der Waals surface area contributed by atoms with Gasteiger partial charge in [0.05, 0.1) is 0 Å². The summed E-state index contributed by atoms with van der Waals surface area (Å²) in [6.07, 6.45) is 3.68. The van der Waals surface area contributed by atoms with Crippen molar-refractivity contribution in [2.24, 2.45) is 0 Å². The zero-order valence-electron chi connectivity index (χ0n) is 12.2. The molecule has 0 saturated carbocycles. The number of hydrogen-bond donors (Lipinski definition) is 0. The van der Waals surface area contributed by atoms with E-state index in [9.17, 15) is 4.39 Å². The summed E-state index contributed by atoms with van der Waals surface area (Å²) in [6, 6.07) is 14.1. The van der Waals surface area contributed by atoms with Crippen molar-refractivity contribution in [2.45, 2.75) is 19.0 Å². The molecule has 1 atom stereocenters. The second-order valence-corrected chi connectivity index (χ2v) is 5.16. The van der Waals surface area contributed by atoms with Gasteiger partial charge in [0.2, 0.25) is 0 Å². The molecule has 1 unspecified atom stereocenters. The van der Waals surface area contributed by atoms with Crippen LogP contribution in [0.1, 0.15) is 34.0 Å². The van der Waals surface area contributed by atoms with E-state index in [1.165, 1.54) is 17.2 Å². The molecule has 0 aliphatic heterocycles. The summed E-state index contributed by atoms with van der Waals surface area (Å²) in [7, 11) is 0. The lowest BCUT2D eigenvalue weighted by Gasteiger charge is -2.11. The molecule has 0 fully saturated rings. The van der Waals surface area contributed by atoms with E-state index in [-0.39, 0.29) is 0 Å². The number of hydrogen-bond acceptors (Lipinski definition) is 0. The molecule has 0 spiro atoms. The SMILES string of the molecule is [CH2]c1ccc(Cc2cccc(CC=C)c2)cc1C(F)C=C. The highest BCUT2D eigenvalue weighted by Crippen LogP contribution is 2.24. The molecular weight excluding hydrogens is 259 g/mol. The Balaban J connectivity index is 2.25. The first-order valence-electron chi connectivity index (χ1n) is 7.04. The van der Waals surface area contributed by atoms with Gasteiger partial charge in [-0.15, -0.1) is 6.58 Å². The molecule has 2 rings (SSSR count). The van der Waals surface area contributed by atoms with Gasteiger partial charge in [0.15, 0.2) is 0 Å². The van der Waals surface area contributed by atoms with Crippen LogP contribution in [0, 0.1) is 6.92 Å². The van der Waals surface area contributed by atoms with Gasteiger partial charge in [0, 0.05) is 0 Å². The molecule has 0 bridgehead atoms. The van der Waals surface area contributed by atoms with Crippen molar-refractivity contribution in [2.75, 3.05) is 0 Å². The first-order chi connectivity index (χ1) is 10.1. The number of allylic oxidation sites excluding steroid dienone is 2. The first-order valence-corrected chi connectivity index (χ1v) is 7.04. The molecule has 0 saturated heterocycles. The Morgan fingerprint density at radius 3 is 2.43 bits per heavy atom. The second kappa shape index (κ2) is 7.03. The van der Waals surface area contributed by atoms with Crippen molar-refractivity contribution >= 4 is 0 Å². The quantitative estimate of drug-likeness (QED) is 0.622. The van der Waals surface area contributed by atoms with E-state index in [1.54, 1.807) is 0 Å². The monoisotopic (exact) mass is 279 g/mol. The number of alkyl halides is 1. The molecule has 2 aromatic rings. The van der Waals surface area contributed by atoms with Crippen LogP contribution in [-0.2, 0) is 12.8 Å². The maximum absolute atomic E-state index is 13.8. The van der Waals surface area contributed by atoms with E-state index >= 15 is 0 Å². The van der Waals surface area contributed by atoms with Crippen molar-refractivity contribution < 1.29 is 4.39 Å². The van der Waals surface area contributed by atoms with Gasteiger partial charge >= 0.3 is 0 Å². The Morgan fingerprint density at radius 2 is 1.71 bits per heavy atom. The molecule has 0 nitrogen and oxygen atoms in total. The third-order valence-electron chi connectivity index (χ3n) is 3.49. The number of rotatable bonds is 6. The minimum atomic E-state index is -1.16. The highest BCUT2D eigenvalue weighted by atomic mass is 19.1. The summed E-state index contributed by atoms with van der Waals surface area (Å²) in [5, 5.41) is 0. The molecule has 0 aromatic heterocycles. The standard InChI is InChI=1S/C20H20F/c1-4-7-16-8-6-9-17(12-16)13-18-11-10-15(3)19(14-18)20(21)5-2/h4-6,8-12,14,20H,1-3,7,13H2. The minimum Gasteiger partial charge on any atom is -0.238 e. The molecule has 1 heteroatoms. The van der Waals surface area contributed by atoms with Gasteiger partial charge in [0.1, 0.15) is 6.17 Å². The lowest BCUT2D eigenvalue weighted by atomic mass is 9.96. The van der Waals surface area contributed by atoms with E-state index in [0.717, 1.165) is 18.4 Å². The number of benzene rings is 2. The van der Waals surface area contributed by atoms with Gasteiger partial charge in [0.25, 0.3) is 0 Å². The van der Waals surface area contributed by atoms with E-state index < -0.39 is 6.17 Å². The third-order valence-corrected chi connectivity index (χ3v) is 3.49. The van der Waals surface area contributed by atoms with E-state index in [1.807, 2.05) is 30.3 Å². The van der Waals surface area contributed by atoms with E-state index in [0.29, 0.717) is 11.1 Å². The normalized spacial score (nSPS) is 11.9. The van der Waals surface area contributed by atoms with Crippen molar-refractivity contribution in [1.29, 1.82) is 0 Å². The van der Waals surface area contributed by atoms with Crippen LogP contribution in [0.15, 0.2) is 67.8 Å². The van der Waals surface area contributed by atoms with Crippen LogP contribution < -0.4 is 0 Å². The third kappa shape index (κ3) is 3.91. The van der Waals surface area contributed by atoms with Crippen LogP contribution in [0.2, 0.25) is 0 Å². The average Bonchev–Trinajstić information content (AvgIpc) is 2.49. The summed E-state index contributed by atoms with van der Waals surface area (Å²) < 4.78 is 13.8. The first kappa shape index (κ1) is 15.2. The lowest BCUT2D eigenvalue weighted by molar-refractivity contribution is 0.414. The molecule has 0 heterocycles. The predicted molar refractivity (Wildman–Crippen MR) is 88.1 cm³/mol. The molecule has 0 aliphatic carbocycles. The van der Waals surface area contributed by atoms with Crippen LogP contribution in [0.25, 0.3) is 0 Å². The second-order valence-electron chi connectivity index (χ2n) is 5.16. The Kier molecular flexibility index (Phi) is 5.10. The van der Waals surface area contributed by atoms with E-state index in [4.69, 9.17) is 0 Å². The fourth-order valence-electron chi connectivity index (χ4n) is 2.41. The van der Waals surface area contributed by atoms with Gasteiger partial charge in [-0.05, 0) is 47.6 Å². The zero-order chi connectivity index (χ0) is 15.2. The maximum Gasteiger partial charge on any atom is 0.143 e. The topological polar surface area (TPSA) is 0 Å². The molecule has 107 valence electrons. The molecule has 21 heavy (non-hydrogen) atoms. The van der Waals surface area contributed by atoms with Gasteiger partial charge in [-0.1, -0.05) is 61.2 Å². The van der Waals surface area contributed by atoms with Gasteiger partial charge in [-0.2, -0.15) is 0 Å². The Labute approximate surface area is 126 Å². The molecule has 0 N–H and O–H groups in total. The summed E-state index contributed by atoms with van der Waals surface area (Å²) in [5.74, 6) is 0. The summed E-state index contributed by atoms with van der Waals surface area (Å²) in [6.45, 7) is 11.2. The molecular formula is C20H20F. The van der Waals surface area contributed by atoms with Crippen molar-refractivity contribution in [3.8, 4) is 0 Å². The van der Waals surface area contributed by atoms with Crippen molar-refractivity contribution in [3.05, 3.63) is 103 Å². The highest BCUT2D eigenvalue weighted by Gasteiger charge is 2.09. The predicted octanol–water partition coefficient (Wildman–Crippen LogP) is 5.38. The summed E-state index contributed by atoms with van der Waals surface area (Å²) >= 11 is 0. The Morgan fingerprint density at radius 1 is 1.00 bits per heavy atom. The lowest BCUT2D eigenvalue weighted by Crippen LogP contribution is -1.96. The maximum atomic E-state index is 13.8. The zero-order valence-corrected chi connectivity index (χ0v) is 12.2. The average molecular weight is 279 g/mol. The Hall–Kier alpha value is -2.15. The van der Waals surface area contributed by atoms with Gasteiger partial charge in [-0.25, -0.2) is 4.39 Å². The van der Waals surface area contributed by atoms with Crippen LogP contribution >= 0.6 is 0 Å².